The van der Waals surface area contributed by atoms with E-state index < -0.39 is 0 Å². The first-order chi connectivity index (χ1) is 12.5. The van der Waals surface area contributed by atoms with Gasteiger partial charge in [-0.05, 0) is 62.5 Å². The Bertz CT molecular complexity index is 733. The average Bonchev–Trinajstić information content (AvgIpc) is 2.65. The van der Waals surface area contributed by atoms with Gasteiger partial charge in [-0.15, -0.1) is 0 Å². The Balaban J connectivity index is 1.82. The van der Waals surface area contributed by atoms with Gasteiger partial charge in [0.15, 0.2) is 10.2 Å². The molecule has 0 saturated heterocycles. The minimum absolute atomic E-state index is 0.401. The van der Waals surface area contributed by atoms with E-state index in [4.69, 9.17) is 24.4 Å². The third-order valence-corrected chi connectivity index (χ3v) is 3.62. The van der Waals surface area contributed by atoms with Gasteiger partial charge in [-0.25, -0.2) is 0 Å². The number of hydrazone groups is 2. The number of thiocarbonyl (C=S) groups is 2. The fraction of sp³-hybridized carbons (Fsp3) is 0.111. The van der Waals surface area contributed by atoms with Gasteiger partial charge in [0, 0.05) is 11.4 Å². The van der Waals surface area contributed by atoms with E-state index in [1.54, 1.807) is 0 Å². The average molecular weight is 385 g/mol. The highest BCUT2D eigenvalue weighted by molar-refractivity contribution is 7.80. The van der Waals surface area contributed by atoms with Crippen molar-refractivity contribution in [1.29, 1.82) is 0 Å². The maximum atomic E-state index is 5.20. The summed E-state index contributed by atoms with van der Waals surface area (Å²) in [5.74, 6) is 0. The first-order valence-electron chi connectivity index (χ1n) is 7.87. The van der Waals surface area contributed by atoms with Crippen LogP contribution in [0.25, 0.3) is 0 Å². The molecule has 0 aliphatic heterocycles. The first-order valence-corrected chi connectivity index (χ1v) is 8.69. The molecule has 0 unspecified atom stereocenters. The number of para-hydroxylation sites is 2. The van der Waals surface area contributed by atoms with E-state index >= 15 is 0 Å². The van der Waals surface area contributed by atoms with Crippen molar-refractivity contribution in [2.45, 2.75) is 13.8 Å². The number of nitrogens with zero attached hydrogens (tertiary/aromatic N) is 2. The summed E-state index contributed by atoms with van der Waals surface area (Å²) in [6.07, 6.45) is 0. The Morgan fingerprint density at radius 1 is 0.654 bits per heavy atom. The van der Waals surface area contributed by atoms with Gasteiger partial charge in [-0.2, -0.15) is 10.2 Å². The van der Waals surface area contributed by atoms with Crippen LogP contribution < -0.4 is 21.5 Å². The molecule has 0 saturated carbocycles. The highest BCUT2D eigenvalue weighted by atomic mass is 32.1. The molecule has 0 radical (unpaired) electrons. The highest BCUT2D eigenvalue weighted by Gasteiger charge is 2.01. The second-order valence-corrected chi connectivity index (χ2v) is 6.07. The van der Waals surface area contributed by atoms with Crippen molar-refractivity contribution in [2.24, 2.45) is 10.2 Å². The highest BCUT2D eigenvalue weighted by Crippen LogP contribution is 2.05. The normalized spacial score (nSPS) is 11.5. The molecule has 0 spiro atoms. The van der Waals surface area contributed by atoms with Crippen LogP contribution in [0.1, 0.15) is 13.8 Å². The molecule has 0 aliphatic rings. The summed E-state index contributed by atoms with van der Waals surface area (Å²) in [6.45, 7) is 3.65. The Kier molecular flexibility index (Phi) is 7.66. The van der Waals surface area contributed by atoms with Crippen molar-refractivity contribution in [3.8, 4) is 0 Å². The molecule has 0 amide bonds. The minimum atomic E-state index is 0.401. The Labute approximate surface area is 163 Å². The SMILES string of the molecule is CC(=N\NC(=S)Nc1ccccc1)/C(C)=N/NC(=S)Nc1ccccc1. The number of benzene rings is 2. The molecule has 0 aliphatic carbocycles. The summed E-state index contributed by atoms with van der Waals surface area (Å²) in [7, 11) is 0. The van der Waals surface area contributed by atoms with E-state index in [0.717, 1.165) is 11.4 Å². The predicted octanol–water partition coefficient (Wildman–Crippen LogP) is 3.71. The predicted molar refractivity (Wildman–Crippen MR) is 118 cm³/mol. The van der Waals surface area contributed by atoms with Gasteiger partial charge < -0.3 is 10.6 Å². The van der Waals surface area contributed by atoms with Crippen LogP contribution in [0, 0.1) is 0 Å². The molecule has 26 heavy (non-hydrogen) atoms. The molecule has 0 bridgehead atoms. The molecule has 0 fully saturated rings. The summed E-state index contributed by atoms with van der Waals surface area (Å²) in [5.41, 5.74) is 8.72. The lowest BCUT2D eigenvalue weighted by molar-refractivity contribution is 1.02. The van der Waals surface area contributed by atoms with Crippen LogP contribution in [0.3, 0.4) is 0 Å². The molecule has 6 nitrogen and oxygen atoms in total. The summed E-state index contributed by atoms with van der Waals surface area (Å²) in [6, 6.07) is 19.3. The Morgan fingerprint density at radius 3 is 1.35 bits per heavy atom. The fourth-order valence-electron chi connectivity index (χ4n) is 1.79. The van der Waals surface area contributed by atoms with Crippen molar-refractivity contribution >= 4 is 57.5 Å². The maximum Gasteiger partial charge on any atom is 0.191 e. The molecular formula is C18H20N6S2. The van der Waals surface area contributed by atoms with Crippen LogP contribution in [-0.2, 0) is 0 Å². The van der Waals surface area contributed by atoms with Crippen LogP contribution >= 0.6 is 24.4 Å². The van der Waals surface area contributed by atoms with Crippen molar-refractivity contribution in [1.82, 2.24) is 10.9 Å². The molecular weight excluding hydrogens is 364 g/mol. The Morgan fingerprint density at radius 2 is 1.00 bits per heavy atom. The fourth-order valence-corrected chi connectivity index (χ4v) is 2.12. The van der Waals surface area contributed by atoms with Gasteiger partial charge in [-0.3, -0.25) is 10.9 Å². The van der Waals surface area contributed by atoms with Crippen molar-refractivity contribution in [3.05, 3.63) is 60.7 Å². The number of hydrogen-bond acceptors (Lipinski definition) is 4. The van der Waals surface area contributed by atoms with Gasteiger partial charge in [0.2, 0.25) is 0 Å². The van der Waals surface area contributed by atoms with E-state index in [1.807, 2.05) is 74.5 Å². The van der Waals surface area contributed by atoms with Crippen LogP contribution in [0.4, 0.5) is 11.4 Å². The van der Waals surface area contributed by atoms with Gasteiger partial charge in [0.05, 0.1) is 11.4 Å². The number of hydrogen-bond donors (Lipinski definition) is 4. The van der Waals surface area contributed by atoms with Gasteiger partial charge >= 0.3 is 0 Å². The molecule has 134 valence electrons. The van der Waals surface area contributed by atoms with Gasteiger partial charge in [0.1, 0.15) is 0 Å². The molecule has 8 heteroatoms. The standard InChI is InChI=1S/C18H20N6S2/c1-13(21-23-17(25)19-15-9-5-3-6-10-15)14(2)22-24-18(26)20-16-11-7-4-8-12-16/h3-12H,1-2H3,(H2,19,23,25)(H2,20,24,26)/b21-13+,22-14+. The maximum absolute atomic E-state index is 5.20. The third-order valence-electron chi connectivity index (χ3n) is 3.24. The summed E-state index contributed by atoms with van der Waals surface area (Å²) in [4.78, 5) is 0. The quantitative estimate of drug-likeness (QED) is 0.358. The van der Waals surface area contributed by atoms with E-state index in [1.165, 1.54) is 0 Å². The van der Waals surface area contributed by atoms with Crippen LogP contribution in [0.15, 0.2) is 70.9 Å². The zero-order valence-corrected chi connectivity index (χ0v) is 16.1. The minimum Gasteiger partial charge on any atom is -0.331 e. The van der Waals surface area contributed by atoms with Crippen molar-refractivity contribution in [2.75, 3.05) is 10.6 Å². The molecule has 2 aromatic rings. The van der Waals surface area contributed by atoms with E-state index in [-0.39, 0.29) is 0 Å². The number of rotatable bonds is 5. The van der Waals surface area contributed by atoms with E-state index in [2.05, 4.69) is 31.7 Å². The number of nitrogens with one attached hydrogen (secondary N) is 4. The zero-order valence-electron chi connectivity index (χ0n) is 14.5. The second-order valence-electron chi connectivity index (χ2n) is 5.26. The van der Waals surface area contributed by atoms with Gasteiger partial charge in [-0.1, -0.05) is 36.4 Å². The topological polar surface area (TPSA) is 72.8 Å². The second kappa shape index (κ2) is 10.2. The Hall–Kier alpha value is -2.84. The van der Waals surface area contributed by atoms with Crippen molar-refractivity contribution in [3.63, 3.8) is 0 Å². The molecule has 2 rings (SSSR count). The lowest BCUT2D eigenvalue weighted by Crippen LogP contribution is -2.28. The zero-order chi connectivity index (χ0) is 18.8. The summed E-state index contributed by atoms with van der Waals surface area (Å²) >= 11 is 10.4. The smallest absolute Gasteiger partial charge is 0.191 e. The molecule has 0 heterocycles. The van der Waals surface area contributed by atoms with E-state index in [9.17, 15) is 0 Å². The third kappa shape index (κ3) is 6.96. The summed E-state index contributed by atoms with van der Waals surface area (Å²) in [5, 5.41) is 15.3. The van der Waals surface area contributed by atoms with Crippen LogP contribution in [-0.4, -0.2) is 21.6 Å². The molecule has 0 atom stereocenters. The van der Waals surface area contributed by atoms with Gasteiger partial charge in [0.25, 0.3) is 0 Å². The lowest BCUT2D eigenvalue weighted by atomic mass is 10.3. The monoisotopic (exact) mass is 384 g/mol. The molecule has 2 aromatic carbocycles. The molecule has 0 aromatic heterocycles. The lowest BCUT2D eigenvalue weighted by Gasteiger charge is -2.09. The van der Waals surface area contributed by atoms with Crippen molar-refractivity contribution < 1.29 is 0 Å². The van der Waals surface area contributed by atoms with Crippen LogP contribution in [0.5, 0.6) is 0 Å². The first kappa shape index (κ1) is 19.5. The summed E-state index contributed by atoms with van der Waals surface area (Å²) < 4.78 is 0. The number of anilines is 2. The van der Waals surface area contributed by atoms with Crippen LogP contribution in [0.2, 0.25) is 0 Å². The van der Waals surface area contributed by atoms with E-state index in [0.29, 0.717) is 21.6 Å². The molecule has 4 N–H and O–H groups in total. The largest absolute Gasteiger partial charge is 0.331 e.